The van der Waals surface area contributed by atoms with Crippen LogP contribution in [-0.4, -0.2) is 21.3 Å². The van der Waals surface area contributed by atoms with Crippen LogP contribution in [0.15, 0.2) is 36.5 Å². The van der Waals surface area contributed by atoms with Gasteiger partial charge in [0.15, 0.2) is 0 Å². The summed E-state index contributed by atoms with van der Waals surface area (Å²) >= 11 is 0. The molecule has 1 aromatic carbocycles. The quantitative estimate of drug-likeness (QED) is 0.699. The van der Waals surface area contributed by atoms with Gasteiger partial charge in [0.1, 0.15) is 12.2 Å². The number of hydrogen-bond donors (Lipinski definition) is 2. The van der Waals surface area contributed by atoms with Crippen LogP contribution >= 0.6 is 0 Å². The van der Waals surface area contributed by atoms with Crippen LogP contribution in [0.25, 0.3) is 17.0 Å². The Morgan fingerprint density at radius 3 is 2.88 bits per heavy atom. The third-order valence-electron chi connectivity index (χ3n) is 2.95. The number of benzene rings is 1. The van der Waals surface area contributed by atoms with Gasteiger partial charge in [-0.1, -0.05) is 30.4 Å². The fourth-order valence-corrected chi connectivity index (χ4v) is 2.10. The van der Waals surface area contributed by atoms with E-state index in [1.54, 1.807) is 12.3 Å². The molecule has 0 spiro atoms. The van der Waals surface area contributed by atoms with Crippen LogP contribution in [0.2, 0.25) is 0 Å². The second kappa shape index (κ2) is 3.40. The number of fused-ring (bicyclic) bond motifs is 3. The molecule has 2 aromatic rings. The predicted octanol–water partition coefficient (Wildman–Crippen LogP) is 1.66. The van der Waals surface area contributed by atoms with Crippen LogP contribution in [0.4, 0.5) is 0 Å². The first-order chi connectivity index (χ1) is 7.77. The van der Waals surface area contributed by atoms with Gasteiger partial charge in [-0.3, -0.25) is 4.98 Å². The number of pyridine rings is 1. The predicted molar refractivity (Wildman–Crippen MR) is 61.7 cm³/mol. The number of hydrogen-bond acceptors (Lipinski definition) is 3. The molecule has 1 aliphatic rings. The highest BCUT2D eigenvalue weighted by atomic mass is 16.3. The zero-order chi connectivity index (χ0) is 11.1. The summed E-state index contributed by atoms with van der Waals surface area (Å²) in [4.78, 5) is 4.31. The third kappa shape index (κ3) is 1.26. The van der Waals surface area contributed by atoms with Crippen molar-refractivity contribution in [3.63, 3.8) is 0 Å². The maximum atomic E-state index is 9.86. The van der Waals surface area contributed by atoms with Crippen molar-refractivity contribution in [2.45, 2.75) is 12.2 Å². The highest BCUT2D eigenvalue weighted by Gasteiger charge is 2.23. The Hall–Kier alpha value is -1.71. The minimum Gasteiger partial charge on any atom is -0.386 e. The Bertz CT molecular complexity index is 577. The average Bonchev–Trinajstić information content (AvgIpc) is 2.33. The summed E-state index contributed by atoms with van der Waals surface area (Å²) in [5.41, 5.74) is 2.50. The number of rotatable bonds is 0. The number of aliphatic hydroxyl groups excluding tert-OH is 2. The van der Waals surface area contributed by atoms with Crippen molar-refractivity contribution in [3.05, 3.63) is 47.7 Å². The molecule has 0 amide bonds. The van der Waals surface area contributed by atoms with E-state index in [0.29, 0.717) is 0 Å². The van der Waals surface area contributed by atoms with E-state index in [2.05, 4.69) is 4.98 Å². The lowest BCUT2D eigenvalue weighted by Gasteiger charge is -2.22. The Morgan fingerprint density at radius 1 is 1.12 bits per heavy atom. The molecule has 0 saturated heterocycles. The van der Waals surface area contributed by atoms with Crippen LogP contribution in [0.1, 0.15) is 17.2 Å². The second-order valence-corrected chi connectivity index (χ2v) is 3.94. The SMILES string of the molecule is O[C@@H]1C=Cc2c(ccc3cccnc23)[C@@H]1O. The molecule has 80 valence electrons. The van der Waals surface area contributed by atoms with Gasteiger partial charge in [0.05, 0.1) is 5.52 Å². The van der Waals surface area contributed by atoms with Crippen molar-refractivity contribution in [2.75, 3.05) is 0 Å². The van der Waals surface area contributed by atoms with E-state index in [4.69, 9.17) is 0 Å². The van der Waals surface area contributed by atoms with Gasteiger partial charge in [-0.2, -0.15) is 0 Å². The Balaban J connectivity index is 2.34. The molecular weight excluding hydrogens is 202 g/mol. The molecule has 0 bridgehead atoms. The van der Waals surface area contributed by atoms with Gasteiger partial charge in [0, 0.05) is 17.1 Å². The van der Waals surface area contributed by atoms with Crippen LogP contribution < -0.4 is 0 Å². The van der Waals surface area contributed by atoms with E-state index >= 15 is 0 Å². The molecule has 0 aliphatic heterocycles. The van der Waals surface area contributed by atoms with Crippen LogP contribution in [0.3, 0.4) is 0 Å². The lowest BCUT2D eigenvalue weighted by Crippen LogP contribution is -2.19. The van der Waals surface area contributed by atoms with Crippen LogP contribution in [0.5, 0.6) is 0 Å². The standard InChI is InChI=1S/C13H11NO2/c15-11-6-5-9-10(13(11)16)4-3-8-2-1-7-14-12(8)9/h1-7,11,13,15-16H/t11-,13+/m1/s1. The molecule has 1 heterocycles. The first kappa shape index (κ1) is 9.51. The van der Waals surface area contributed by atoms with Crippen molar-refractivity contribution in [3.8, 4) is 0 Å². The molecule has 3 heteroatoms. The van der Waals surface area contributed by atoms with E-state index in [1.165, 1.54) is 0 Å². The monoisotopic (exact) mass is 213 g/mol. The fraction of sp³-hybridized carbons (Fsp3) is 0.154. The first-order valence-electron chi connectivity index (χ1n) is 5.19. The van der Waals surface area contributed by atoms with Crippen molar-refractivity contribution >= 4 is 17.0 Å². The lowest BCUT2D eigenvalue weighted by molar-refractivity contribution is 0.0471. The highest BCUT2D eigenvalue weighted by molar-refractivity contribution is 5.89. The molecule has 1 aromatic heterocycles. The Morgan fingerprint density at radius 2 is 2.00 bits per heavy atom. The van der Waals surface area contributed by atoms with E-state index in [-0.39, 0.29) is 0 Å². The molecule has 2 N–H and O–H groups in total. The van der Waals surface area contributed by atoms with E-state index in [9.17, 15) is 10.2 Å². The zero-order valence-corrected chi connectivity index (χ0v) is 8.54. The molecule has 3 nitrogen and oxygen atoms in total. The Labute approximate surface area is 92.7 Å². The highest BCUT2D eigenvalue weighted by Crippen LogP contribution is 2.32. The van der Waals surface area contributed by atoms with Gasteiger partial charge in [-0.25, -0.2) is 0 Å². The van der Waals surface area contributed by atoms with Gasteiger partial charge < -0.3 is 10.2 Å². The lowest BCUT2D eigenvalue weighted by atomic mass is 9.91. The van der Waals surface area contributed by atoms with Gasteiger partial charge in [0.2, 0.25) is 0 Å². The molecule has 16 heavy (non-hydrogen) atoms. The second-order valence-electron chi connectivity index (χ2n) is 3.94. The summed E-state index contributed by atoms with van der Waals surface area (Å²) in [6, 6.07) is 7.62. The van der Waals surface area contributed by atoms with Crippen molar-refractivity contribution in [1.29, 1.82) is 0 Å². The topological polar surface area (TPSA) is 53.4 Å². The number of aliphatic hydroxyl groups is 2. The zero-order valence-electron chi connectivity index (χ0n) is 8.54. The molecule has 3 rings (SSSR count). The average molecular weight is 213 g/mol. The third-order valence-corrected chi connectivity index (χ3v) is 2.95. The smallest absolute Gasteiger partial charge is 0.109 e. The largest absolute Gasteiger partial charge is 0.386 e. The van der Waals surface area contributed by atoms with E-state index in [0.717, 1.165) is 22.0 Å². The molecule has 0 saturated carbocycles. The summed E-state index contributed by atoms with van der Waals surface area (Å²) in [5.74, 6) is 0. The maximum Gasteiger partial charge on any atom is 0.109 e. The minimum absolute atomic E-state index is 0.737. The van der Waals surface area contributed by atoms with E-state index in [1.807, 2.05) is 30.3 Å². The normalized spacial score (nSPS) is 23.4. The maximum absolute atomic E-state index is 9.86. The van der Waals surface area contributed by atoms with Crippen molar-refractivity contribution in [1.82, 2.24) is 4.98 Å². The molecule has 0 fully saturated rings. The van der Waals surface area contributed by atoms with Crippen molar-refractivity contribution < 1.29 is 10.2 Å². The molecule has 1 aliphatic carbocycles. The van der Waals surface area contributed by atoms with Gasteiger partial charge in [0.25, 0.3) is 0 Å². The van der Waals surface area contributed by atoms with Crippen LogP contribution in [-0.2, 0) is 0 Å². The molecule has 0 unspecified atom stereocenters. The summed E-state index contributed by atoms with van der Waals surface area (Å²) in [7, 11) is 0. The first-order valence-corrected chi connectivity index (χ1v) is 5.19. The van der Waals surface area contributed by atoms with Gasteiger partial charge in [-0.05, 0) is 11.6 Å². The fourth-order valence-electron chi connectivity index (χ4n) is 2.10. The summed E-state index contributed by atoms with van der Waals surface area (Å²) in [6.45, 7) is 0. The van der Waals surface area contributed by atoms with Gasteiger partial charge >= 0.3 is 0 Å². The summed E-state index contributed by atoms with van der Waals surface area (Å²) in [5, 5.41) is 20.4. The molecule has 2 atom stereocenters. The summed E-state index contributed by atoms with van der Waals surface area (Å²) < 4.78 is 0. The molecular formula is C13H11NO2. The van der Waals surface area contributed by atoms with Gasteiger partial charge in [-0.15, -0.1) is 0 Å². The van der Waals surface area contributed by atoms with Crippen molar-refractivity contribution in [2.24, 2.45) is 0 Å². The number of nitrogens with zero attached hydrogens (tertiary/aromatic N) is 1. The van der Waals surface area contributed by atoms with Crippen LogP contribution in [0, 0.1) is 0 Å². The Kier molecular flexibility index (Phi) is 2.02. The number of aromatic nitrogens is 1. The summed E-state index contributed by atoms with van der Waals surface area (Å²) in [6.07, 6.45) is 3.47. The minimum atomic E-state index is -0.855. The molecule has 0 radical (unpaired) electrons. The van der Waals surface area contributed by atoms with E-state index < -0.39 is 12.2 Å².